The van der Waals surface area contributed by atoms with Gasteiger partial charge in [0.25, 0.3) is 0 Å². The Morgan fingerprint density at radius 3 is 2.79 bits per heavy atom. The van der Waals surface area contributed by atoms with Gasteiger partial charge in [0.2, 0.25) is 5.91 Å². The third-order valence-corrected chi connectivity index (χ3v) is 4.63. The normalized spacial score (nSPS) is 17.9. The highest BCUT2D eigenvalue weighted by Gasteiger charge is 2.21. The van der Waals surface area contributed by atoms with Crippen LogP contribution in [0.25, 0.3) is 0 Å². The molecule has 0 bridgehead atoms. The summed E-state index contributed by atoms with van der Waals surface area (Å²) in [5.41, 5.74) is 7.10. The van der Waals surface area contributed by atoms with Crippen LogP contribution in [0.4, 0.5) is 11.4 Å². The van der Waals surface area contributed by atoms with Crippen molar-refractivity contribution in [1.29, 1.82) is 0 Å². The first-order valence-corrected chi connectivity index (χ1v) is 7.49. The molecule has 4 nitrogen and oxygen atoms in total. The quantitative estimate of drug-likeness (QED) is 0.832. The smallest absolute Gasteiger partial charge is 0.237 e. The highest BCUT2D eigenvalue weighted by atomic mass is 32.2. The zero-order valence-corrected chi connectivity index (χ0v) is 11.9. The van der Waals surface area contributed by atoms with E-state index in [1.807, 2.05) is 25.1 Å². The fourth-order valence-electron chi connectivity index (χ4n) is 2.01. The maximum Gasteiger partial charge on any atom is 0.237 e. The number of benzene rings is 1. The summed E-state index contributed by atoms with van der Waals surface area (Å²) in [7, 11) is 0. The fraction of sp³-hybridized carbons (Fsp3) is 0.500. The average Bonchev–Trinajstić information content (AvgIpc) is 2.42. The summed E-state index contributed by atoms with van der Waals surface area (Å²) in [4.78, 5) is 12.1. The standard InChI is InChI=1S/C14H20N2O2S/c1-10(19-11-6-8-18-9-7-11)14(17)16-13-5-3-2-4-12(13)15/h2-5,10-11H,6-9,15H2,1H3,(H,16,17). The molecule has 0 saturated carbocycles. The summed E-state index contributed by atoms with van der Waals surface area (Å²) < 4.78 is 5.32. The molecule has 1 atom stereocenters. The molecule has 1 aliphatic heterocycles. The minimum absolute atomic E-state index is 0.00870. The Kier molecular flexibility index (Phi) is 5.10. The monoisotopic (exact) mass is 280 g/mol. The van der Waals surface area contributed by atoms with Crippen LogP contribution in [-0.2, 0) is 9.53 Å². The Morgan fingerprint density at radius 2 is 2.11 bits per heavy atom. The number of anilines is 2. The first kappa shape index (κ1) is 14.2. The number of nitrogen functional groups attached to an aromatic ring is 1. The summed E-state index contributed by atoms with van der Waals surface area (Å²) in [6.07, 6.45) is 2.05. The molecule has 0 radical (unpaired) electrons. The topological polar surface area (TPSA) is 64.3 Å². The molecule has 5 heteroatoms. The van der Waals surface area contributed by atoms with Gasteiger partial charge in [-0.25, -0.2) is 0 Å². The van der Waals surface area contributed by atoms with Gasteiger partial charge in [0, 0.05) is 18.5 Å². The molecular formula is C14H20N2O2S. The molecule has 19 heavy (non-hydrogen) atoms. The average molecular weight is 280 g/mol. The predicted octanol–water partition coefficient (Wildman–Crippen LogP) is 2.51. The van der Waals surface area contributed by atoms with Crippen molar-refractivity contribution in [2.45, 2.75) is 30.3 Å². The number of para-hydroxylation sites is 2. The SMILES string of the molecule is CC(SC1CCOCC1)C(=O)Nc1ccccc1N. The number of ether oxygens (including phenoxy) is 1. The maximum atomic E-state index is 12.1. The minimum Gasteiger partial charge on any atom is -0.397 e. The minimum atomic E-state index is -0.0808. The van der Waals surface area contributed by atoms with Gasteiger partial charge in [0.15, 0.2) is 0 Å². The van der Waals surface area contributed by atoms with Crippen LogP contribution in [0.3, 0.4) is 0 Å². The summed E-state index contributed by atoms with van der Waals surface area (Å²) in [6.45, 7) is 3.55. The van der Waals surface area contributed by atoms with E-state index in [9.17, 15) is 4.79 Å². The van der Waals surface area contributed by atoms with E-state index >= 15 is 0 Å². The fourth-order valence-corrected chi connectivity index (χ4v) is 3.23. The Labute approximate surface area is 118 Å². The van der Waals surface area contributed by atoms with Gasteiger partial charge in [-0.05, 0) is 31.9 Å². The van der Waals surface area contributed by atoms with Crippen molar-refractivity contribution in [3.8, 4) is 0 Å². The van der Waals surface area contributed by atoms with E-state index in [-0.39, 0.29) is 11.2 Å². The third kappa shape index (κ3) is 4.14. The van der Waals surface area contributed by atoms with Crippen molar-refractivity contribution in [2.24, 2.45) is 0 Å². The Balaban J connectivity index is 1.87. The van der Waals surface area contributed by atoms with Crippen molar-refractivity contribution in [3.63, 3.8) is 0 Å². The first-order chi connectivity index (χ1) is 9.16. The van der Waals surface area contributed by atoms with Crippen LogP contribution >= 0.6 is 11.8 Å². The molecule has 104 valence electrons. The maximum absolute atomic E-state index is 12.1. The molecule has 1 saturated heterocycles. The van der Waals surface area contributed by atoms with Crippen molar-refractivity contribution in [2.75, 3.05) is 24.3 Å². The second-order valence-corrected chi connectivity index (χ2v) is 6.31. The van der Waals surface area contributed by atoms with Gasteiger partial charge in [0.1, 0.15) is 0 Å². The zero-order valence-electron chi connectivity index (χ0n) is 11.1. The lowest BCUT2D eigenvalue weighted by Gasteiger charge is -2.24. The number of nitrogens with two attached hydrogens (primary N) is 1. The van der Waals surface area contributed by atoms with E-state index in [1.165, 1.54) is 0 Å². The third-order valence-electron chi connectivity index (χ3n) is 3.15. The zero-order chi connectivity index (χ0) is 13.7. The molecule has 1 aromatic carbocycles. The van der Waals surface area contributed by atoms with Crippen molar-refractivity contribution in [3.05, 3.63) is 24.3 Å². The van der Waals surface area contributed by atoms with Gasteiger partial charge < -0.3 is 15.8 Å². The number of rotatable bonds is 4. The van der Waals surface area contributed by atoms with E-state index in [0.717, 1.165) is 26.1 Å². The molecule has 0 spiro atoms. The van der Waals surface area contributed by atoms with E-state index in [1.54, 1.807) is 17.8 Å². The molecule has 0 aliphatic carbocycles. The summed E-state index contributed by atoms with van der Waals surface area (Å²) >= 11 is 1.72. The highest BCUT2D eigenvalue weighted by Crippen LogP contribution is 2.27. The largest absolute Gasteiger partial charge is 0.397 e. The van der Waals surface area contributed by atoms with Crippen LogP contribution in [0.15, 0.2) is 24.3 Å². The van der Waals surface area contributed by atoms with Gasteiger partial charge in [-0.3, -0.25) is 4.79 Å². The van der Waals surface area contributed by atoms with E-state index < -0.39 is 0 Å². The molecule has 1 aliphatic rings. The van der Waals surface area contributed by atoms with E-state index in [4.69, 9.17) is 10.5 Å². The van der Waals surface area contributed by atoms with Crippen molar-refractivity contribution < 1.29 is 9.53 Å². The molecular weight excluding hydrogens is 260 g/mol. The van der Waals surface area contributed by atoms with Gasteiger partial charge in [0.05, 0.1) is 16.6 Å². The molecule has 3 N–H and O–H groups in total. The lowest BCUT2D eigenvalue weighted by Crippen LogP contribution is -2.27. The molecule has 0 aromatic heterocycles. The molecule has 1 unspecified atom stereocenters. The lowest BCUT2D eigenvalue weighted by molar-refractivity contribution is -0.115. The number of thioether (sulfide) groups is 1. The van der Waals surface area contributed by atoms with Gasteiger partial charge >= 0.3 is 0 Å². The second kappa shape index (κ2) is 6.82. The summed E-state index contributed by atoms with van der Waals surface area (Å²) in [5.74, 6) is 0.00870. The van der Waals surface area contributed by atoms with Gasteiger partial charge in [-0.2, -0.15) is 0 Å². The second-order valence-electron chi connectivity index (χ2n) is 4.67. The van der Waals surface area contributed by atoms with Crippen LogP contribution < -0.4 is 11.1 Å². The Bertz CT molecular complexity index is 433. The van der Waals surface area contributed by atoms with E-state index in [0.29, 0.717) is 16.6 Å². The number of carbonyl (C=O) groups excluding carboxylic acids is 1. The first-order valence-electron chi connectivity index (χ1n) is 6.55. The number of hydrogen-bond acceptors (Lipinski definition) is 4. The number of carbonyl (C=O) groups is 1. The van der Waals surface area contributed by atoms with Crippen molar-refractivity contribution in [1.82, 2.24) is 0 Å². The lowest BCUT2D eigenvalue weighted by atomic mass is 10.2. The van der Waals surface area contributed by atoms with Gasteiger partial charge in [-0.1, -0.05) is 12.1 Å². The highest BCUT2D eigenvalue weighted by molar-refractivity contribution is 8.01. The van der Waals surface area contributed by atoms with Crippen molar-refractivity contribution >= 4 is 29.0 Å². The predicted molar refractivity (Wildman–Crippen MR) is 80.4 cm³/mol. The van der Waals surface area contributed by atoms with Gasteiger partial charge in [-0.15, -0.1) is 11.8 Å². The Hall–Kier alpha value is -1.20. The van der Waals surface area contributed by atoms with E-state index in [2.05, 4.69) is 5.32 Å². The molecule has 1 fully saturated rings. The number of nitrogens with one attached hydrogen (secondary N) is 1. The number of hydrogen-bond donors (Lipinski definition) is 2. The van der Waals surface area contributed by atoms with Crippen LogP contribution in [0.1, 0.15) is 19.8 Å². The Morgan fingerprint density at radius 1 is 1.42 bits per heavy atom. The van der Waals surface area contributed by atoms with Crippen LogP contribution in [-0.4, -0.2) is 29.6 Å². The van der Waals surface area contributed by atoms with Crippen LogP contribution in [0, 0.1) is 0 Å². The number of amides is 1. The molecule has 1 amide bonds. The molecule has 1 heterocycles. The molecule has 1 aromatic rings. The molecule has 2 rings (SSSR count). The summed E-state index contributed by atoms with van der Waals surface area (Å²) in [6, 6.07) is 7.32. The van der Waals surface area contributed by atoms with Crippen LogP contribution in [0.5, 0.6) is 0 Å². The van der Waals surface area contributed by atoms with Crippen LogP contribution in [0.2, 0.25) is 0 Å². The summed E-state index contributed by atoms with van der Waals surface area (Å²) in [5, 5.41) is 3.32.